The minimum absolute atomic E-state index is 0.0303. The smallest absolute Gasteiger partial charge is 0.256 e. The van der Waals surface area contributed by atoms with E-state index in [1.54, 1.807) is 18.7 Å². The van der Waals surface area contributed by atoms with Crippen LogP contribution in [0.25, 0.3) is 0 Å². The van der Waals surface area contributed by atoms with Crippen LogP contribution in [0.2, 0.25) is 0 Å². The van der Waals surface area contributed by atoms with Crippen molar-refractivity contribution in [2.24, 2.45) is 22.2 Å². The number of hydrogen-bond donors (Lipinski definition) is 1. The Hall–Kier alpha value is -3.14. The first-order chi connectivity index (χ1) is 24.4. The van der Waals surface area contributed by atoms with E-state index in [1.807, 2.05) is 17.2 Å². The lowest BCUT2D eigenvalue weighted by molar-refractivity contribution is -0.0226. The van der Waals surface area contributed by atoms with Crippen LogP contribution in [0.5, 0.6) is 17.2 Å². The van der Waals surface area contributed by atoms with Crippen LogP contribution in [0.4, 0.5) is 5.69 Å². The van der Waals surface area contributed by atoms with Gasteiger partial charge in [-0.2, -0.15) is 0 Å². The molecule has 270 valence electrons. The molecule has 0 spiro atoms. The molecule has 9 heteroatoms. The second-order valence-corrected chi connectivity index (χ2v) is 16.0. The summed E-state index contributed by atoms with van der Waals surface area (Å²) in [5.41, 5.74) is 4.45. The SMILES string of the molecule is COc1cc2c(cc1OCCCN1CCN(CCCOc3ccc4c(c3)CC[C@@H]3[C@@H]4CC[C@]4(C)[C@@H](O)CC[C@@H]34)CC1)N=C[C@@H]1CCCN1C2=O. The van der Waals surface area contributed by atoms with Gasteiger partial charge in [0.15, 0.2) is 11.5 Å². The zero-order valence-corrected chi connectivity index (χ0v) is 30.2. The fourth-order valence-corrected chi connectivity index (χ4v) is 10.4. The van der Waals surface area contributed by atoms with Crippen LogP contribution in [0, 0.1) is 17.3 Å². The fraction of sp³-hybridized carbons (Fsp3) is 0.659. The second kappa shape index (κ2) is 14.5. The molecule has 50 heavy (non-hydrogen) atoms. The summed E-state index contributed by atoms with van der Waals surface area (Å²) in [7, 11) is 1.62. The monoisotopic (exact) mass is 684 g/mol. The van der Waals surface area contributed by atoms with Crippen LogP contribution in [-0.2, 0) is 6.42 Å². The molecule has 6 aliphatic rings. The summed E-state index contributed by atoms with van der Waals surface area (Å²) in [4.78, 5) is 24.8. The molecule has 3 heterocycles. The van der Waals surface area contributed by atoms with E-state index in [0.29, 0.717) is 41.2 Å². The van der Waals surface area contributed by atoms with Gasteiger partial charge in [-0.1, -0.05) is 13.0 Å². The number of carbonyl (C=O) groups is 1. The van der Waals surface area contributed by atoms with Crippen LogP contribution in [0.3, 0.4) is 0 Å². The molecule has 2 aromatic carbocycles. The maximum atomic E-state index is 13.1. The third-order valence-corrected chi connectivity index (χ3v) is 13.3. The van der Waals surface area contributed by atoms with E-state index in [2.05, 4.69) is 39.9 Å². The molecular weight excluding hydrogens is 628 g/mol. The van der Waals surface area contributed by atoms with E-state index < -0.39 is 0 Å². The molecule has 3 aliphatic heterocycles. The van der Waals surface area contributed by atoms with Gasteiger partial charge in [0, 0.05) is 58.1 Å². The molecule has 3 aliphatic carbocycles. The molecule has 2 saturated carbocycles. The summed E-state index contributed by atoms with van der Waals surface area (Å²) in [5, 5.41) is 10.7. The number of ether oxygens (including phenoxy) is 3. The molecule has 1 N–H and O–H groups in total. The lowest BCUT2D eigenvalue weighted by Gasteiger charge is -2.50. The molecule has 1 amide bonds. The molecule has 0 aromatic heterocycles. The van der Waals surface area contributed by atoms with Crippen molar-refractivity contribution in [3.63, 3.8) is 0 Å². The molecule has 4 fully saturated rings. The lowest BCUT2D eigenvalue weighted by atomic mass is 9.55. The molecule has 0 unspecified atom stereocenters. The van der Waals surface area contributed by atoms with Crippen molar-refractivity contribution >= 4 is 17.8 Å². The molecular formula is C41H56N4O5. The number of aliphatic hydroxyl groups is 1. The normalized spacial score (nSPS) is 30.6. The predicted octanol–water partition coefficient (Wildman–Crippen LogP) is 6.09. The van der Waals surface area contributed by atoms with Gasteiger partial charge in [-0.05, 0) is 117 Å². The Balaban J connectivity index is 0.740. The number of aliphatic imine (C=N–C) groups is 1. The predicted molar refractivity (Wildman–Crippen MR) is 195 cm³/mol. The van der Waals surface area contributed by atoms with Gasteiger partial charge in [0.25, 0.3) is 5.91 Å². The summed E-state index contributed by atoms with van der Waals surface area (Å²) in [6, 6.07) is 10.6. The zero-order valence-electron chi connectivity index (χ0n) is 30.2. The number of methoxy groups -OCH3 is 1. The lowest BCUT2D eigenvalue weighted by Crippen LogP contribution is -2.47. The highest BCUT2D eigenvalue weighted by Crippen LogP contribution is 2.61. The van der Waals surface area contributed by atoms with Gasteiger partial charge in [-0.15, -0.1) is 0 Å². The number of rotatable bonds is 11. The number of aliphatic hydroxyl groups excluding tert-OH is 1. The number of benzene rings is 2. The van der Waals surface area contributed by atoms with Crippen molar-refractivity contribution in [2.45, 2.75) is 89.2 Å². The Labute approximate surface area is 298 Å². The van der Waals surface area contributed by atoms with Crippen LogP contribution in [0.1, 0.15) is 92.1 Å². The van der Waals surface area contributed by atoms with E-state index in [0.717, 1.165) is 109 Å². The van der Waals surface area contributed by atoms with Crippen molar-refractivity contribution in [2.75, 3.05) is 66.1 Å². The highest BCUT2D eigenvalue weighted by molar-refractivity contribution is 6.03. The highest BCUT2D eigenvalue weighted by atomic mass is 16.5. The number of amides is 1. The minimum Gasteiger partial charge on any atom is -0.494 e. The van der Waals surface area contributed by atoms with Crippen LogP contribution in [0.15, 0.2) is 35.3 Å². The Morgan fingerprint density at radius 3 is 2.46 bits per heavy atom. The average molecular weight is 685 g/mol. The van der Waals surface area contributed by atoms with Crippen molar-refractivity contribution in [1.82, 2.24) is 14.7 Å². The molecule has 9 nitrogen and oxygen atoms in total. The van der Waals surface area contributed by atoms with Crippen molar-refractivity contribution in [3.05, 3.63) is 47.0 Å². The van der Waals surface area contributed by atoms with Gasteiger partial charge in [0.05, 0.1) is 43.7 Å². The summed E-state index contributed by atoms with van der Waals surface area (Å²) >= 11 is 0. The standard InChI is InChI=1S/C41H56N4O5/c1-41-14-13-32-31-10-8-30(24-28(31)7-9-33(32)35(41)11-12-39(41)46)49-22-4-15-43-18-20-44(21-19-43)16-5-23-50-38-26-36-34(25-37(38)48-2)40(47)45-17-3-6-29(45)27-42-36/h8,10,24-27,29,32-33,35,39,46H,3-7,9,11-23H2,1-2H3/t29-,32+,33+,35-,39-,41-/m0/s1. The summed E-state index contributed by atoms with van der Waals surface area (Å²) in [6.45, 7) is 10.9. The molecule has 2 aromatic rings. The van der Waals surface area contributed by atoms with Crippen molar-refractivity contribution < 1.29 is 24.1 Å². The van der Waals surface area contributed by atoms with Crippen LogP contribution < -0.4 is 14.2 Å². The van der Waals surface area contributed by atoms with Crippen molar-refractivity contribution in [1.29, 1.82) is 0 Å². The Kier molecular flexibility index (Phi) is 9.83. The number of hydrogen-bond acceptors (Lipinski definition) is 8. The summed E-state index contributed by atoms with van der Waals surface area (Å²) in [5.74, 6) is 4.36. The first kappa shape index (κ1) is 34.0. The van der Waals surface area contributed by atoms with Gasteiger partial charge in [-0.25, -0.2) is 0 Å². The Morgan fingerprint density at radius 2 is 1.68 bits per heavy atom. The van der Waals surface area contributed by atoms with Crippen LogP contribution in [-0.4, -0.2) is 110 Å². The number of carbonyl (C=O) groups excluding carboxylic acids is 1. The molecule has 0 radical (unpaired) electrons. The quantitative estimate of drug-likeness (QED) is 0.287. The Bertz CT molecular complexity index is 1570. The van der Waals surface area contributed by atoms with Gasteiger partial charge in [0.1, 0.15) is 5.75 Å². The summed E-state index contributed by atoms with van der Waals surface area (Å²) < 4.78 is 18.1. The topological polar surface area (TPSA) is 87.1 Å². The average Bonchev–Trinajstić information content (AvgIpc) is 3.71. The van der Waals surface area contributed by atoms with E-state index in [1.165, 1.54) is 24.8 Å². The summed E-state index contributed by atoms with van der Waals surface area (Å²) in [6.07, 6.45) is 12.7. The maximum absolute atomic E-state index is 13.1. The fourth-order valence-electron chi connectivity index (χ4n) is 10.4. The Morgan fingerprint density at radius 1 is 0.900 bits per heavy atom. The van der Waals surface area contributed by atoms with Gasteiger partial charge in [-0.3, -0.25) is 9.79 Å². The van der Waals surface area contributed by atoms with E-state index in [4.69, 9.17) is 14.2 Å². The van der Waals surface area contributed by atoms with Gasteiger partial charge in [0.2, 0.25) is 0 Å². The first-order valence-corrected chi connectivity index (χ1v) is 19.5. The zero-order chi connectivity index (χ0) is 34.2. The first-order valence-electron chi connectivity index (χ1n) is 19.5. The van der Waals surface area contributed by atoms with Gasteiger partial charge >= 0.3 is 0 Å². The van der Waals surface area contributed by atoms with E-state index in [9.17, 15) is 9.90 Å². The number of piperazine rings is 1. The largest absolute Gasteiger partial charge is 0.494 e. The van der Waals surface area contributed by atoms with Crippen molar-refractivity contribution in [3.8, 4) is 17.2 Å². The minimum atomic E-state index is -0.105. The highest BCUT2D eigenvalue weighted by Gasteiger charge is 2.54. The molecule has 8 rings (SSSR count). The van der Waals surface area contributed by atoms with E-state index >= 15 is 0 Å². The third-order valence-electron chi connectivity index (χ3n) is 13.3. The van der Waals surface area contributed by atoms with Crippen LogP contribution >= 0.6 is 0 Å². The molecule has 6 atom stereocenters. The van der Waals surface area contributed by atoms with Gasteiger partial charge < -0.3 is 34.0 Å². The number of nitrogens with zero attached hydrogens (tertiary/aromatic N) is 4. The third kappa shape index (κ3) is 6.54. The van der Waals surface area contributed by atoms with E-state index in [-0.39, 0.29) is 23.5 Å². The molecule has 0 bridgehead atoms. The maximum Gasteiger partial charge on any atom is 0.256 e. The molecule has 2 saturated heterocycles. The number of aryl methyl sites for hydroxylation is 1. The second-order valence-electron chi connectivity index (χ2n) is 16.0. The number of fused-ring (bicyclic) bond motifs is 7.